The molecule has 1 aliphatic heterocycles. The molecule has 50 heavy (non-hydrogen) atoms. The molecule has 0 N–H and O–H groups in total. The highest BCUT2D eigenvalue weighted by atomic mass is 127. The van der Waals surface area contributed by atoms with Crippen molar-refractivity contribution >= 4 is 22.9 Å². The SMILES string of the molecule is CCCCC/C=C\C/C=C\C/C=C\C/C=C\CCCC[C@@]1(CCCCCCCCCC/C=C\CCCCCCCC)OCC(CCN(C)I)O1. The summed E-state index contributed by atoms with van der Waals surface area (Å²) in [6.45, 7) is 6.36. The highest BCUT2D eigenvalue weighted by Crippen LogP contribution is 2.35. The number of unbranched alkanes of at least 4 members (excludes halogenated alkanes) is 19. The van der Waals surface area contributed by atoms with Crippen LogP contribution in [0, 0.1) is 0 Å². The number of hydrogen-bond acceptors (Lipinski definition) is 3. The molecule has 0 saturated carbocycles. The summed E-state index contributed by atoms with van der Waals surface area (Å²) in [7, 11) is 2.13. The molecular weight excluding hydrogens is 725 g/mol. The predicted octanol–water partition coefficient (Wildman–Crippen LogP) is 15.5. The van der Waals surface area contributed by atoms with Crippen LogP contribution in [0.2, 0.25) is 0 Å². The van der Waals surface area contributed by atoms with Gasteiger partial charge in [0.05, 0.1) is 12.7 Å². The minimum absolute atomic E-state index is 0.242. The quantitative estimate of drug-likeness (QED) is 0.0272. The van der Waals surface area contributed by atoms with Crippen LogP contribution in [-0.2, 0) is 9.47 Å². The molecule has 1 heterocycles. The van der Waals surface area contributed by atoms with Gasteiger partial charge in [-0.25, -0.2) is 0 Å². The minimum Gasteiger partial charge on any atom is -0.347 e. The summed E-state index contributed by atoms with van der Waals surface area (Å²) in [5.41, 5.74) is 0. The van der Waals surface area contributed by atoms with Crippen molar-refractivity contribution in [3.05, 3.63) is 60.8 Å². The van der Waals surface area contributed by atoms with Gasteiger partial charge >= 0.3 is 0 Å². The summed E-state index contributed by atoms with van der Waals surface area (Å²) in [4.78, 5) is 0. The van der Waals surface area contributed by atoms with E-state index in [4.69, 9.17) is 9.47 Å². The zero-order valence-electron chi connectivity index (χ0n) is 33.4. The average molecular weight is 808 g/mol. The van der Waals surface area contributed by atoms with Gasteiger partial charge in [-0.15, -0.1) is 0 Å². The third-order valence-corrected chi connectivity index (χ3v) is 10.4. The molecule has 0 aromatic heterocycles. The molecule has 0 aromatic rings. The smallest absolute Gasteiger partial charge is 0.168 e. The number of hydrogen-bond donors (Lipinski definition) is 0. The van der Waals surface area contributed by atoms with Crippen molar-refractivity contribution in [1.29, 1.82) is 0 Å². The molecule has 1 unspecified atom stereocenters. The van der Waals surface area contributed by atoms with E-state index >= 15 is 0 Å². The standard InChI is InChI=1S/C46H82INO2/c1-4-6-8-10-12-14-16-18-20-22-24-26-28-30-32-34-36-38-41-46(49-44-45(50-46)40-43-48(3)47)42-39-37-35-33-31-29-27-25-23-21-19-17-15-13-11-9-7-5-2/h12,14,18-21,24,26,30,32,45H,4-11,13,15-17,22-23,25,27-29,31,33-44H2,1-3H3/b14-12-,20-18-,21-19-,26-24-,32-30-/t45?,46-/m1/s1. The Hall–Kier alpha value is -0.690. The molecule has 1 rings (SSSR count). The van der Waals surface area contributed by atoms with E-state index < -0.39 is 0 Å². The average Bonchev–Trinajstić information content (AvgIpc) is 3.52. The second-order valence-electron chi connectivity index (χ2n) is 14.8. The van der Waals surface area contributed by atoms with Crippen molar-refractivity contribution in [3.63, 3.8) is 0 Å². The Morgan fingerprint density at radius 3 is 1.38 bits per heavy atom. The minimum atomic E-state index is -0.345. The van der Waals surface area contributed by atoms with E-state index in [-0.39, 0.29) is 11.9 Å². The Bertz CT molecular complexity index is 862. The van der Waals surface area contributed by atoms with Gasteiger partial charge in [0.1, 0.15) is 0 Å². The molecular formula is C46H82INO2. The molecule has 0 aliphatic carbocycles. The summed E-state index contributed by atoms with van der Waals surface area (Å²) in [6.07, 6.45) is 60.3. The number of rotatable bonds is 36. The molecule has 3 nitrogen and oxygen atoms in total. The van der Waals surface area contributed by atoms with Gasteiger partial charge in [-0.05, 0) is 96.9 Å². The van der Waals surface area contributed by atoms with E-state index in [9.17, 15) is 0 Å². The van der Waals surface area contributed by atoms with Crippen molar-refractivity contribution in [3.8, 4) is 0 Å². The molecule has 0 bridgehead atoms. The second kappa shape index (κ2) is 36.7. The maximum atomic E-state index is 6.67. The highest BCUT2D eigenvalue weighted by Gasteiger charge is 2.40. The van der Waals surface area contributed by atoms with Gasteiger partial charge in [-0.3, -0.25) is 3.11 Å². The van der Waals surface area contributed by atoms with E-state index in [1.54, 1.807) is 0 Å². The van der Waals surface area contributed by atoms with Crippen molar-refractivity contribution in [2.24, 2.45) is 0 Å². The zero-order chi connectivity index (χ0) is 36.1. The van der Waals surface area contributed by atoms with Crippen LogP contribution in [0.5, 0.6) is 0 Å². The Labute approximate surface area is 326 Å². The lowest BCUT2D eigenvalue weighted by Crippen LogP contribution is -2.31. The van der Waals surface area contributed by atoms with E-state index in [0.29, 0.717) is 0 Å². The fraction of sp³-hybridized carbons (Fsp3) is 0.783. The molecule has 4 heteroatoms. The lowest BCUT2D eigenvalue weighted by molar-refractivity contribution is -0.179. The normalized spacial score (nSPS) is 18.6. The van der Waals surface area contributed by atoms with Crippen LogP contribution >= 0.6 is 22.9 Å². The van der Waals surface area contributed by atoms with Crippen LogP contribution in [-0.4, -0.2) is 35.2 Å². The molecule has 0 radical (unpaired) electrons. The molecule has 1 saturated heterocycles. The van der Waals surface area contributed by atoms with Crippen molar-refractivity contribution in [1.82, 2.24) is 3.11 Å². The van der Waals surface area contributed by atoms with Gasteiger partial charge in [0.2, 0.25) is 0 Å². The first-order valence-corrected chi connectivity index (χ1v) is 22.5. The fourth-order valence-corrected chi connectivity index (χ4v) is 6.96. The zero-order valence-corrected chi connectivity index (χ0v) is 35.6. The first-order chi connectivity index (χ1) is 24.6. The van der Waals surface area contributed by atoms with Crippen LogP contribution in [0.3, 0.4) is 0 Å². The first kappa shape index (κ1) is 47.3. The molecule has 2 atom stereocenters. The molecule has 290 valence electrons. The van der Waals surface area contributed by atoms with Gasteiger partial charge in [-0.2, -0.15) is 0 Å². The van der Waals surface area contributed by atoms with Gasteiger partial charge in [0, 0.05) is 42.3 Å². The Kier molecular flexibility index (Phi) is 34.7. The predicted molar refractivity (Wildman–Crippen MR) is 231 cm³/mol. The van der Waals surface area contributed by atoms with Gasteiger partial charge in [0.25, 0.3) is 0 Å². The van der Waals surface area contributed by atoms with Crippen molar-refractivity contribution < 1.29 is 9.47 Å². The summed E-state index contributed by atoms with van der Waals surface area (Å²) >= 11 is 2.37. The van der Waals surface area contributed by atoms with E-state index in [1.165, 1.54) is 141 Å². The maximum Gasteiger partial charge on any atom is 0.168 e. The van der Waals surface area contributed by atoms with Crippen LogP contribution < -0.4 is 0 Å². The van der Waals surface area contributed by atoms with E-state index in [0.717, 1.165) is 58.1 Å². The molecule has 0 spiro atoms. The molecule has 1 aliphatic rings. The third kappa shape index (κ3) is 30.9. The van der Waals surface area contributed by atoms with Crippen LogP contribution in [0.1, 0.15) is 200 Å². The highest BCUT2D eigenvalue weighted by molar-refractivity contribution is 14.1. The number of allylic oxidation sites excluding steroid dienone is 10. The third-order valence-electron chi connectivity index (χ3n) is 9.88. The van der Waals surface area contributed by atoms with Crippen molar-refractivity contribution in [2.75, 3.05) is 20.2 Å². The number of nitrogens with zero attached hydrogens (tertiary/aromatic N) is 1. The summed E-state index contributed by atoms with van der Waals surface area (Å²) in [6, 6.07) is 0. The first-order valence-electron chi connectivity index (χ1n) is 21.6. The van der Waals surface area contributed by atoms with Crippen LogP contribution in [0.25, 0.3) is 0 Å². The summed E-state index contributed by atoms with van der Waals surface area (Å²) in [5.74, 6) is -0.345. The second-order valence-corrected chi connectivity index (χ2v) is 16.5. The lowest BCUT2D eigenvalue weighted by Gasteiger charge is -2.28. The van der Waals surface area contributed by atoms with Crippen LogP contribution in [0.15, 0.2) is 60.8 Å². The Morgan fingerprint density at radius 2 is 0.880 bits per heavy atom. The number of halogens is 1. The fourth-order valence-electron chi connectivity index (χ4n) is 6.68. The monoisotopic (exact) mass is 808 g/mol. The van der Waals surface area contributed by atoms with E-state index in [1.807, 2.05) is 0 Å². The molecule has 0 aromatic carbocycles. The van der Waals surface area contributed by atoms with Gasteiger partial charge in [-0.1, -0.05) is 158 Å². The van der Waals surface area contributed by atoms with E-state index in [2.05, 4.69) is 108 Å². The molecule has 0 amide bonds. The summed E-state index contributed by atoms with van der Waals surface area (Å²) in [5, 5.41) is 0. The maximum absolute atomic E-state index is 6.67. The van der Waals surface area contributed by atoms with Gasteiger partial charge in [0.15, 0.2) is 5.79 Å². The Balaban J connectivity index is 2.16. The summed E-state index contributed by atoms with van der Waals surface area (Å²) < 4.78 is 15.4. The van der Waals surface area contributed by atoms with Crippen molar-refractivity contribution in [2.45, 2.75) is 212 Å². The van der Waals surface area contributed by atoms with Crippen LogP contribution in [0.4, 0.5) is 0 Å². The lowest BCUT2D eigenvalue weighted by atomic mass is 9.99. The van der Waals surface area contributed by atoms with Gasteiger partial charge < -0.3 is 9.47 Å². The largest absolute Gasteiger partial charge is 0.347 e. The molecule has 1 fully saturated rings. The topological polar surface area (TPSA) is 21.7 Å². The Morgan fingerprint density at radius 1 is 0.520 bits per heavy atom. The number of ether oxygens (including phenoxy) is 2.